The molecule has 0 fully saturated rings. The van der Waals surface area contributed by atoms with Crippen molar-refractivity contribution >= 4 is 17.5 Å². The minimum absolute atomic E-state index is 0.150. The second-order valence-electron chi connectivity index (χ2n) is 3.54. The number of carbonyl (C=O) groups is 1. The average molecular weight is 264 g/mol. The molecule has 0 spiro atoms. The molecular formula is C12H10ClN3O2. The Morgan fingerprint density at radius 2 is 2.22 bits per heavy atom. The number of hydrogen-bond acceptors (Lipinski definition) is 4. The van der Waals surface area contributed by atoms with Gasteiger partial charge < -0.3 is 10.4 Å². The summed E-state index contributed by atoms with van der Waals surface area (Å²) in [6.45, 7) is 0.267. The van der Waals surface area contributed by atoms with Gasteiger partial charge in [0.15, 0.2) is 0 Å². The van der Waals surface area contributed by atoms with Crippen LogP contribution in [0.15, 0.2) is 36.8 Å². The standard InChI is InChI=1S/C12H10ClN3O2/c13-8-1-2-10(11(17)5-8)12(18)15-6-9-3-4-14-7-16-9/h1-5,7,17H,6H2,(H,15,18). The van der Waals surface area contributed by atoms with Crippen molar-refractivity contribution < 1.29 is 9.90 Å². The fourth-order valence-electron chi connectivity index (χ4n) is 1.39. The van der Waals surface area contributed by atoms with E-state index in [0.717, 1.165) is 0 Å². The molecular weight excluding hydrogens is 254 g/mol. The van der Waals surface area contributed by atoms with Gasteiger partial charge in [0, 0.05) is 11.2 Å². The summed E-state index contributed by atoms with van der Waals surface area (Å²) in [5.41, 5.74) is 0.861. The number of carbonyl (C=O) groups excluding carboxylic acids is 1. The van der Waals surface area contributed by atoms with Crippen molar-refractivity contribution in [3.8, 4) is 5.75 Å². The molecule has 92 valence electrons. The molecule has 1 aromatic carbocycles. The Morgan fingerprint density at radius 3 is 2.89 bits per heavy atom. The van der Waals surface area contributed by atoms with Crippen LogP contribution in [0, 0.1) is 0 Å². The molecule has 0 radical (unpaired) electrons. The predicted molar refractivity (Wildman–Crippen MR) is 66.3 cm³/mol. The van der Waals surface area contributed by atoms with Crippen LogP contribution in [0.3, 0.4) is 0 Å². The van der Waals surface area contributed by atoms with E-state index in [4.69, 9.17) is 11.6 Å². The number of phenols is 1. The van der Waals surface area contributed by atoms with Crippen LogP contribution in [0.1, 0.15) is 16.1 Å². The van der Waals surface area contributed by atoms with E-state index in [0.29, 0.717) is 10.7 Å². The van der Waals surface area contributed by atoms with Gasteiger partial charge in [0.1, 0.15) is 12.1 Å². The second-order valence-corrected chi connectivity index (χ2v) is 3.98. The molecule has 2 N–H and O–H groups in total. The molecule has 1 aromatic heterocycles. The number of hydrogen-bond donors (Lipinski definition) is 2. The number of rotatable bonds is 3. The first kappa shape index (κ1) is 12.3. The predicted octanol–water partition coefficient (Wildman–Crippen LogP) is 1.77. The zero-order valence-corrected chi connectivity index (χ0v) is 10.1. The lowest BCUT2D eigenvalue weighted by molar-refractivity contribution is 0.0947. The zero-order valence-electron chi connectivity index (χ0n) is 9.30. The van der Waals surface area contributed by atoms with Crippen LogP contribution >= 0.6 is 11.6 Å². The summed E-state index contributed by atoms with van der Waals surface area (Å²) in [6, 6.07) is 6.02. The largest absolute Gasteiger partial charge is 0.507 e. The summed E-state index contributed by atoms with van der Waals surface area (Å²) in [7, 11) is 0. The molecule has 1 heterocycles. The molecule has 1 amide bonds. The van der Waals surface area contributed by atoms with E-state index in [2.05, 4.69) is 15.3 Å². The molecule has 2 aromatic rings. The first-order valence-electron chi connectivity index (χ1n) is 5.18. The van der Waals surface area contributed by atoms with Crippen molar-refractivity contribution in [2.45, 2.75) is 6.54 Å². The molecule has 18 heavy (non-hydrogen) atoms. The Bertz CT molecular complexity index is 561. The lowest BCUT2D eigenvalue weighted by atomic mass is 10.2. The molecule has 0 aliphatic heterocycles. The van der Waals surface area contributed by atoms with Gasteiger partial charge in [-0.15, -0.1) is 0 Å². The fraction of sp³-hybridized carbons (Fsp3) is 0.0833. The summed E-state index contributed by atoms with van der Waals surface area (Å²) in [6.07, 6.45) is 3.00. The lowest BCUT2D eigenvalue weighted by Gasteiger charge is -2.06. The smallest absolute Gasteiger partial charge is 0.255 e. The van der Waals surface area contributed by atoms with Crippen molar-refractivity contribution in [1.82, 2.24) is 15.3 Å². The Labute approximate surface area is 108 Å². The Balaban J connectivity index is 2.04. The molecule has 2 rings (SSSR count). The highest BCUT2D eigenvalue weighted by Crippen LogP contribution is 2.21. The first-order chi connectivity index (χ1) is 8.66. The third-order valence-corrected chi connectivity index (χ3v) is 2.51. The molecule has 6 heteroatoms. The normalized spacial score (nSPS) is 10.1. The zero-order chi connectivity index (χ0) is 13.0. The Hall–Kier alpha value is -2.14. The molecule has 0 unspecified atom stereocenters. The van der Waals surface area contributed by atoms with Crippen molar-refractivity contribution in [2.75, 3.05) is 0 Å². The fourth-order valence-corrected chi connectivity index (χ4v) is 1.55. The van der Waals surface area contributed by atoms with Gasteiger partial charge in [0.25, 0.3) is 5.91 Å². The van der Waals surface area contributed by atoms with Crippen LogP contribution in [0.4, 0.5) is 0 Å². The van der Waals surface area contributed by atoms with Gasteiger partial charge in [0.05, 0.1) is 17.8 Å². The highest BCUT2D eigenvalue weighted by Gasteiger charge is 2.10. The number of aromatic nitrogens is 2. The first-order valence-corrected chi connectivity index (χ1v) is 5.56. The minimum atomic E-state index is -0.386. The Morgan fingerprint density at radius 1 is 1.39 bits per heavy atom. The van der Waals surface area contributed by atoms with E-state index >= 15 is 0 Å². The molecule has 0 atom stereocenters. The van der Waals surface area contributed by atoms with Gasteiger partial charge in [-0.1, -0.05) is 11.6 Å². The molecule has 0 aliphatic rings. The quantitative estimate of drug-likeness (QED) is 0.885. The van der Waals surface area contributed by atoms with E-state index in [-0.39, 0.29) is 23.8 Å². The van der Waals surface area contributed by atoms with Gasteiger partial charge >= 0.3 is 0 Å². The number of amides is 1. The third kappa shape index (κ3) is 2.95. The summed E-state index contributed by atoms with van der Waals surface area (Å²) in [5, 5.41) is 12.6. The molecule has 0 saturated heterocycles. The van der Waals surface area contributed by atoms with Crippen molar-refractivity contribution in [3.63, 3.8) is 0 Å². The summed E-state index contributed by atoms with van der Waals surface area (Å²) in [5.74, 6) is -0.537. The summed E-state index contributed by atoms with van der Waals surface area (Å²) < 4.78 is 0. The average Bonchev–Trinajstić information content (AvgIpc) is 2.37. The SMILES string of the molecule is O=C(NCc1ccncn1)c1ccc(Cl)cc1O. The van der Waals surface area contributed by atoms with Crippen LogP contribution in [-0.2, 0) is 6.54 Å². The van der Waals surface area contributed by atoms with E-state index in [1.807, 2.05) is 0 Å². The highest BCUT2D eigenvalue weighted by atomic mass is 35.5. The van der Waals surface area contributed by atoms with E-state index in [9.17, 15) is 9.90 Å². The van der Waals surface area contributed by atoms with Crippen LogP contribution < -0.4 is 5.32 Å². The third-order valence-electron chi connectivity index (χ3n) is 2.28. The maximum Gasteiger partial charge on any atom is 0.255 e. The van der Waals surface area contributed by atoms with E-state index in [1.54, 1.807) is 18.3 Å². The monoisotopic (exact) mass is 263 g/mol. The number of nitrogens with one attached hydrogen (secondary N) is 1. The van der Waals surface area contributed by atoms with E-state index < -0.39 is 0 Å². The van der Waals surface area contributed by atoms with Crippen molar-refractivity contribution in [3.05, 3.63) is 53.1 Å². The van der Waals surface area contributed by atoms with E-state index in [1.165, 1.54) is 18.5 Å². The molecule has 5 nitrogen and oxygen atoms in total. The maximum absolute atomic E-state index is 11.8. The molecule has 0 bridgehead atoms. The van der Waals surface area contributed by atoms with Gasteiger partial charge in [-0.25, -0.2) is 9.97 Å². The van der Waals surface area contributed by atoms with Gasteiger partial charge in [-0.3, -0.25) is 4.79 Å². The molecule has 0 saturated carbocycles. The maximum atomic E-state index is 11.8. The topological polar surface area (TPSA) is 75.1 Å². The van der Waals surface area contributed by atoms with Crippen LogP contribution in [0.5, 0.6) is 5.75 Å². The van der Waals surface area contributed by atoms with Crippen molar-refractivity contribution in [1.29, 1.82) is 0 Å². The van der Waals surface area contributed by atoms with Crippen LogP contribution in [0.2, 0.25) is 5.02 Å². The number of aromatic hydroxyl groups is 1. The van der Waals surface area contributed by atoms with Gasteiger partial charge in [-0.05, 0) is 24.3 Å². The minimum Gasteiger partial charge on any atom is -0.507 e. The number of benzene rings is 1. The summed E-state index contributed by atoms with van der Waals surface area (Å²) >= 11 is 5.69. The lowest BCUT2D eigenvalue weighted by Crippen LogP contribution is -2.23. The van der Waals surface area contributed by atoms with Crippen LogP contribution in [0.25, 0.3) is 0 Å². The number of phenolic OH excluding ortho intramolecular Hbond substituents is 1. The molecule has 0 aliphatic carbocycles. The van der Waals surface area contributed by atoms with Crippen molar-refractivity contribution in [2.24, 2.45) is 0 Å². The summed E-state index contributed by atoms with van der Waals surface area (Å²) in [4.78, 5) is 19.5. The highest BCUT2D eigenvalue weighted by molar-refractivity contribution is 6.30. The van der Waals surface area contributed by atoms with Gasteiger partial charge in [0.2, 0.25) is 0 Å². The number of nitrogens with zero attached hydrogens (tertiary/aromatic N) is 2. The van der Waals surface area contributed by atoms with Gasteiger partial charge in [-0.2, -0.15) is 0 Å². The number of halogens is 1. The second kappa shape index (κ2) is 5.46. The van der Waals surface area contributed by atoms with Crippen LogP contribution in [-0.4, -0.2) is 21.0 Å². The Kier molecular flexibility index (Phi) is 3.74.